The second-order valence-electron chi connectivity index (χ2n) is 6.33. The topological polar surface area (TPSA) is 64.2 Å². The first-order valence-electron chi connectivity index (χ1n) is 8.13. The lowest BCUT2D eigenvalue weighted by molar-refractivity contribution is -0.125. The van der Waals surface area contributed by atoms with Gasteiger partial charge in [-0.15, -0.1) is 0 Å². The highest BCUT2D eigenvalue weighted by molar-refractivity contribution is 5.92. The van der Waals surface area contributed by atoms with Crippen molar-refractivity contribution in [2.24, 2.45) is 7.05 Å². The van der Waals surface area contributed by atoms with Crippen LogP contribution in [0.25, 0.3) is 17.0 Å². The molecule has 5 nitrogen and oxygen atoms in total. The second-order valence-corrected chi connectivity index (χ2v) is 6.33. The van der Waals surface area contributed by atoms with Gasteiger partial charge >= 0.3 is 0 Å². The summed E-state index contributed by atoms with van der Waals surface area (Å²) in [7, 11) is 3.83. The fourth-order valence-corrected chi connectivity index (χ4v) is 2.86. The van der Waals surface area contributed by atoms with Gasteiger partial charge in [0.25, 0.3) is 0 Å². The average Bonchev–Trinajstić information content (AvgIpc) is 2.89. The Morgan fingerprint density at radius 2 is 2.12 bits per heavy atom. The predicted octanol–water partition coefficient (Wildman–Crippen LogP) is 3.14. The molecule has 0 saturated carbocycles. The third-order valence-corrected chi connectivity index (χ3v) is 4.24. The highest BCUT2D eigenvalue weighted by atomic mass is 16.2. The number of nitrogens with two attached hydrogens (primary N) is 1. The molecule has 25 heavy (non-hydrogen) atoms. The van der Waals surface area contributed by atoms with Crippen molar-refractivity contribution in [1.29, 1.82) is 0 Å². The number of anilines is 1. The van der Waals surface area contributed by atoms with Crippen molar-refractivity contribution < 1.29 is 4.79 Å². The molecule has 0 atom stereocenters. The number of carbonyl (C=O) groups excluding carboxylic acids is 1. The SMILES string of the molecule is Cc1ccc2c(c1)c(CN(C)C(=O)/C=C/c1ccc(N)nc1)cn2C. The number of pyridine rings is 1. The van der Waals surface area contributed by atoms with Crippen LogP contribution in [-0.4, -0.2) is 27.4 Å². The van der Waals surface area contributed by atoms with Crippen LogP contribution in [0.3, 0.4) is 0 Å². The van der Waals surface area contributed by atoms with Gasteiger partial charge in [0.1, 0.15) is 5.82 Å². The molecule has 0 bridgehead atoms. The predicted molar refractivity (Wildman–Crippen MR) is 102 cm³/mol. The van der Waals surface area contributed by atoms with Crippen molar-refractivity contribution in [3.05, 3.63) is 65.5 Å². The molecule has 5 heteroatoms. The third kappa shape index (κ3) is 3.71. The van der Waals surface area contributed by atoms with E-state index in [0.29, 0.717) is 12.4 Å². The van der Waals surface area contributed by atoms with Crippen LogP contribution in [-0.2, 0) is 18.4 Å². The van der Waals surface area contributed by atoms with E-state index in [-0.39, 0.29) is 5.91 Å². The Morgan fingerprint density at radius 3 is 2.84 bits per heavy atom. The van der Waals surface area contributed by atoms with E-state index in [2.05, 4.69) is 40.9 Å². The first-order valence-corrected chi connectivity index (χ1v) is 8.13. The Balaban J connectivity index is 1.75. The monoisotopic (exact) mass is 334 g/mol. The molecule has 0 aliphatic carbocycles. The molecule has 0 radical (unpaired) electrons. The van der Waals surface area contributed by atoms with E-state index in [1.165, 1.54) is 16.5 Å². The van der Waals surface area contributed by atoms with E-state index in [4.69, 9.17) is 5.73 Å². The summed E-state index contributed by atoms with van der Waals surface area (Å²) >= 11 is 0. The summed E-state index contributed by atoms with van der Waals surface area (Å²) in [6.07, 6.45) is 7.04. The zero-order chi connectivity index (χ0) is 18.0. The Kier molecular flexibility index (Phi) is 4.57. The second kappa shape index (κ2) is 6.81. The molecule has 1 amide bonds. The number of nitrogen functional groups attached to an aromatic ring is 1. The zero-order valence-electron chi connectivity index (χ0n) is 14.7. The minimum absolute atomic E-state index is 0.0542. The smallest absolute Gasteiger partial charge is 0.246 e. The molecule has 0 fully saturated rings. The van der Waals surface area contributed by atoms with Crippen LogP contribution in [0.4, 0.5) is 5.82 Å². The molecule has 1 aromatic carbocycles. The van der Waals surface area contributed by atoms with Gasteiger partial charge in [0, 0.05) is 50.0 Å². The number of likely N-dealkylation sites (N-methyl/N-ethyl adjacent to an activating group) is 1. The molecular weight excluding hydrogens is 312 g/mol. The molecule has 0 spiro atoms. The molecule has 0 aliphatic rings. The maximum absolute atomic E-state index is 12.4. The molecule has 3 aromatic rings. The first-order chi connectivity index (χ1) is 11.9. The summed E-state index contributed by atoms with van der Waals surface area (Å²) in [6.45, 7) is 2.64. The molecule has 0 unspecified atom stereocenters. The molecule has 2 N–H and O–H groups in total. The maximum atomic E-state index is 12.4. The summed E-state index contributed by atoms with van der Waals surface area (Å²) in [4.78, 5) is 18.1. The van der Waals surface area contributed by atoms with Crippen LogP contribution >= 0.6 is 0 Å². The van der Waals surface area contributed by atoms with E-state index in [9.17, 15) is 4.79 Å². The Bertz CT molecular complexity index is 938. The van der Waals surface area contributed by atoms with Crippen molar-refractivity contribution >= 4 is 28.7 Å². The van der Waals surface area contributed by atoms with Crippen molar-refractivity contribution in [1.82, 2.24) is 14.5 Å². The van der Waals surface area contributed by atoms with Gasteiger partial charge in [-0.05, 0) is 48.4 Å². The number of hydrogen-bond acceptors (Lipinski definition) is 3. The molecule has 0 saturated heterocycles. The molecule has 2 heterocycles. The number of rotatable bonds is 4. The molecular formula is C20H22N4O. The lowest BCUT2D eigenvalue weighted by Crippen LogP contribution is -2.24. The lowest BCUT2D eigenvalue weighted by atomic mass is 10.1. The quantitative estimate of drug-likeness (QED) is 0.746. The fourth-order valence-electron chi connectivity index (χ4n) is 2.86. The number of aromatic nitrogens is 2. The standard InChI is InChI=1S/C20H22N4O/c1-14-4-7-18-17(10-14)16(12-23(18)2)13-24(3)20(25)9-6-15-5-8-19(21)22-11-15/h4-12H,13H2,1-3H3,(H2,21,22)/b9-6+. The van der Waals surface area contributed by atoms with Crippen molar-refractivity contribution in [2.45, 2.75) is 13.5 Å². The number of hydrogen-bond donors (Lipinski definition) is 1. The summed E-state index contributed by atoms with van der Waals surface area (Å²) < 4.78 is 2.10. The number of amides is 1. The Labute approximate surface area is 147 Å². The Hall–Kier alpha value is -3.08. The van der Waals surface area contributed by atoms with Crippen molar-refractivity contribution in [2.75, 3.05) is 12.8 Å². The van der Waals surface area contributed by atoms with Gasteiger partial charge in [-0.2, -0.15) is 0 Å². The largest absolute Gasteiger partial charge is 0.384 e. The summed E-state index contributed by atoms with van der Waals surface area (Å²) in [5.74, 6) is 0.410. The van der Waals surface area contributed by atoms with Gasteiger partial charge < -0.3 is 15.2 Å². The fraction of sp³-hybridized carbons (Fsp3) is 0.200. The zero-order valence-corrected chi connectivity index (χ0v) is 14.7. The van der Waals surface area contributed by atoms with Crippen molar-refractivity contribution in [3.8, 4) is 0 Å². The van der Waals surface area contributed by atoms with Gasteiger partial charge in [0.05, 0.1) is 0 Å². The lowest BCUT2D eigenvalue weighted by Gasteiger charge is -2.14. The summed E-state index contributed by atoms with van der Waals surface area (Å²) in [5.41, 5.74) is 9.93. The van der Waals surface area contributed by atoms with Crippen LogP contribution in [0.1, 0.15) is 16.7 Å². The van der Waals surface area contributed by atoms with E-state index in [1.54, 1.807) is 29.3 Å². The van der Waals surface area contributed by atoms with Gasteiger partial charge in [-0.25, -0.2) is 4.98 Å². The Morgan fingerprint density at radius 1 is 1.32 bits per heavy atom. The molecule has 3 rings (SSSR count). The highest BCUT2D eigenvalue weighted by Crippen LogP contribution is 2.23. The van der Waals surface area contributed by atoms with Gasteiger partial charge in [-0.3, -0.25) is 4.79 Å². The van der Waals surface area contributed by atoms with Crippen LogP contribution in [0, 0.1) is 6.92 Å². The number of aryl methyl sites for hydroxylation is 2. The van der Waals surface area contributed by atoms with Gasteiger partial charge in [-0.1, -0.05) is 11.6 Å². The van der Waals surface area contributed by atoms with Crippen molar-refractivity contribution in [3.63, 3.8) is 0 Å². The number of carbonyl (C=O) groups is 1. The number of benzene rings is 1. The first kappa shape index (κ1) is 16.8. The van der Waals surface area contributed by atoms with E-state index >= 15 is 0 Å². The van der Waals surface area contributed by atoms with Crippen LogP contribution in [0.15, 0.2) is 48.8 Å². The van der Waals surface area contributed by atoms with Crippen LogP contribution in [0.2, 0.25) is 0 Å². The summed E-state index contributed by atoms with van der Waals surface area (Å²) in [6, 6.07) is 9.93. The van der Waals surface area contributed by atoms with Crippen LogP contribution in [0.5, 0.6) is 0 Å². The average molecular weight is 334 g/mol. The minimum Gasteiger partial charge on any atom is -0.384 e. The van der Waals surface area contributed by atoms with Crippen LogP contribution < -0.4 is 5.73 Å². The summed E-state index contributed by atoms with van der Waals surface area (Å²) in [5, 5.41) is 1.19. The van der Waals surface area contributed by atoms with Gasteiger partial charge in [0.15, 0.2) is 0 Å². The van der Waals surface area contributed by atoms with E-state index in [1.807, 2.05) is 20.2 Å². The maximum Gasteiger partial charge on any atom is 0.246 e. The third-order valence-electron chi connectivity index (χ3n) is 4.24. The van der Waals surface area contributed by atoms with E-state index in [0.717, 1.165) is 11.1 Å². The van der Waals surface area contributed by atoms with Gasteiger partial charge in [0.2, 0.25) is 5.91 Å². The molecule has 2 aromatic heterocycles. The molecule has 128 valence electrons. The highest BCUT2D eigenvalue weighted by Gasteiger charge is 2.11. The number of fused-ring (bicyclic) bond motifs is 1. The van der Waals surface area contributed by atoms with E-state index < -0.39 is 0 Å². The normalized spacial score (nSPS) is 11.3. The number of nitrogens with zero attached hydrogens (tertiary/aromatic N) is 3. The minimum atomic E-state index is -0.0542. The molecule has 0 aliphatic heterocycles.